The highest BCUT2D eigenvalue weighted by molar-refractivity contribution is 5.98. The summed E-state index contributed by atoms with van der Waals surface area (Å²) in [5, 5.41) is 5.35. The molecule has 14 heavy (non-hydrogen) atoms. The van der Waals surface area contributed by atoms with Crippen molar-refractivity contribution in [3.05, 3.63) is 29.5 Å². The Balaban J connectivity index is 2.87. The molecule has 0 saturated heterocycles. The van der Waals surface area contributed by atoms with Crippen molar-refractivity contribution in [2.24, 2.45) is 0 Å². The Morgan fingerprint density at radius 3 is 2.93 bits per heavy atom. The molecule has 0 radical (unpaired) electrons. The molecule has 1 aromatic carbocycles. The number of aldehydes is 1. The number of carbonyl (C=O) groups is 1. The van der Waals surface area contributed by atoms with Gasteiger partial charge in [-0.05, 0) is 19.9 Å². The lowest BCUT2D eigenvalue weighted by Gasteiger charge is -1.98. The molecule has 3 nitrogen and oxygen atoms in total. The molecular weight excluding hydrogens is 176 g/mol. The summed E-state index contributed by atoms with van der Waals surface area (Å²) in [4.78, 5) is 10.8. The molecule has 0 amide bonds. The largest absolute Gasteiger partial charge is 0.298 e. The quantitative estimate of drug-likeness (QED) is 0.677. The highest BCUT2D eigenvalue weighted by atomic mass is 16.1. The molecule has 0 N–H and O–H groups in total. The molecule has 2 rings (SSSR count). The van der Waals surface area contributed by atoms with Crippen molar-refractivity contribution in [1.29, 1.82) is 0 Å². The Morgan fingerprint density at radius 2 is 2.29 bits per heavy atom. The summed E-state index contributed by atoms with van der Waals surface area (Å²) in [5.41, 5.74) is 2.68. The zero-order valence-corrected chi connectivity index (χ0v) is 8.32. The third kappa shape index (κ3) is 1.13. The van der Waals surface area contributed by atoms with Crippen LogP contribution in [-0.4, -0.2) is 16.1 Å². The second-order valence-corrected chi connectivity index (χ2v) is 3.26. The zero-order valence-electron chi connectivity index (χ0n) is 8.32. The van der Waals surface area contributed by atoms with Crippen molar-refractivity contribution in [2.45, 2.75) is 20.4 Å². The minimum atomic E-state index is 0.722. The summed E-state index contributed by atoms with van der Waals surface area (Å²) in [7, 11) is 0. The van der Waals surface area contributed by atoms with Gasteiger partial charge in [-0.3, -0.25) is 9.48 Å². The van der Waals surface area contributed by atoms with E-state index < -0.39 is 0 Å². The van der Waals surface area contributed by atoms with E-state index in [1.165, 1.54) is 0 Å². The van der Waals surface area contributed by atoms with Crippen LogP contribution in [0.4, 0.5) is 0 Å². The number of aryl methyl sites for hydroxylation is 2. The number of hydrogen-bond acceptors (Lipinski definition) is 2. The van der Waals surface area contributed by atoms with Crippen LogP contribution in [-0.2, 0) is 6.54 Å². The third-order valence-electron chi connectivity index (χ3n) is 2.41. The Bertz CT molecular complexity index is 485. The van der Waals surface area contributed by atoms with Crippen LogP contribution in [0.1, 0.15) is 23.0 Å². The lowest BCUT2D eigenvalue weighted by atomic mass is 10.1. The Hall–Kier alpha value is -1.64. The molecule has 2 aromatic rings. The second-order valence-electron chi connectivity index (χ2n) is 3.26. The van der Waals surface area contributed by atoms with Crippen molar-refractivity contribution in [1.82, 2.24) is 9.78 Å². The third-order valence-corrected chi connectivity index (χ3v) is 2.41. The summed E-state index contributed by atoms with van der Waals surface area (Å²) in [6.45, 7) is 4.80. The number of hydrogen-bond donors (Lipinski definition) is 0. The number of benzene rings is 1. The van der Waals surface area contributed by atoms with E-state index in [9.17, 15) is 4.79 Å². The maximum Gasteiger partial charge on any atom is 0.150 e. The number of aromatic nitrogens is 2. The van der Waals surface area contributed by atoms with Gasteiger partial charge >= 0.3 is 0 Å². The molecule has 0 bridgehead atoms. The predicted molar refractivity (Wildman–Crippen MR) is 55.5 cm³/mol. The van der Waals surface area contributed by atoms with E-state index in [-0.39, 0.29) is 0 Å². The molecule has 0 aliphatic rings. The van der Waals surface area contributed by atoms with E-state index in [1.807, 2.05) is 36.7 Å². The van der Waals surface area contributed by atoms with Gasteiger partial charge in [0.2, 0.25) is 0 Å². The maximum absolute atomic E-state index is 10.8. The average Bonchev–Trinajstić information content (AvgIpc) is 2.55. The number of nitrogens with zero attached hydrogens (tertiary/aromatic N) is 2. The lowest BCUT2D eigenvalue weighted by molar-refractivity contribution is 0.112. The van der Waals surface area contributed by atoms with Crippen molar-refractivity contribution in [3.8, 4) is 0 Å². The fraction of sp³-hybridized carbons (Fsp3) is 0.273. The molecule has 3 heteroatoms. The molecule has 0 aliphatic carbocycles. The summed E-state index contributed by atoms with van der Waals surface area (Å²) in [5.74, 6) is 0. The van der Waals surface area contributed by atoms with Crippen LogP contribution >= 0.6 is 0 Å². The molecule has 0 fully saturated rings. The van der Waals surface area contributed by atoms with E-state index in [2.05, 4.69) is 5.10 Å². The van der Waals surface area contributed by atoms with Crippen LogP contribution in [0, 0.1) is 6.92 Å². The monoisotopic (exact) mass is 188 g/mol. The van der Waals surface area contributed by atoms with Gasteiger partial charge in [-0.15, -0.1) is 0 Å². The van der Waals surface area contributed by atoms with Crippen LogP contribution in [0.2, 0.25) is 0 Å². The van der Waals surface area contributed by atoms with E-state index in [0.29, 0.717) is 0 Å². The minimum absolute atomic E-state index is 0.722. The van der Waals surface area contributed by atoms with Crippen LogP contribution < -0.4 is 0 Å². The topological polar surface area (TPSA) is 34.9 Å². The first kappa shape index (κ1) is 8.94. The number of carbonyl (C=O) groups excluding carboxylic acids is 1. The van der Waals surface area contributed by atoms with Gasteiger partial charge in [-0.25, -0.2) is 0 Å². The fourth-order valence-electron chi connectivity index (χ4n) is 1.79. The molecule has 1 heterocycles. The Morgan fingerprint density at radius 1 is 1.50 bits per heavy atom. The van der Waals surface area contributed by atoms with Gasteiger partial charge in [0.15, 0.2) is 6.29 Å². The molecule has 1 aromatic heterocycles. The fourth-order valence-corrected chi connectivity index (χ4v) is 1.79. The Kier molecular flexibility index (Phi) is 2.08. The average molecular weight is 188 g/mol. The van der Waals surface area contributed by atoms with Gasteiger partial charge in [0.1, 0.15) is 0 Å². The van der Waals surface area contributed by atoms with Gasteiger partial charge < -0.3 is 0 Å². The van der Waals surface area contributed by atoms with Crippen molar-refractivity contribution < 1.29 is 4.79 Å². The summed E-state index contributed by atoms with van der Waals surface area (Å²) in [6, 6.07) is 5.70. The first-order valence-electron chi connectivity index (χ1n) is 4.69. The zero-order chi connectivity index (χ0) is 10.1. The van der Waals surface area contributed by atoms with Gasteiger partial charge in [0.05, 0.1) is 11.2 Å². The van der Waals surface area contributed by atoms with E-state index in [0.717, 1.165) is 35.0 Å². The molecule has 0 aliphatic heterocycles. The van der Waals surface area contributed by atoms with Gasteiger partial charge in [0.25, 0.3) is 0 Å². The van der Waals surface area contributed by atoms with Gasteiger partial charge in [-0.1, -0.05) is 12.1 Å². The van der Waals surface area contributed by atoms with Crippen LogP contribution in [0.25, 0.3) is 10.9 Å². The first-order chi connectivity index (χ1) is 6.77. The standard InChI is InChI=1S/C11H12N2O/c1-3-13-10-6-4-5-9(7-14)11(10)8(2)12-13/h4-7H,3H2,1-2H3. The van der Waals surface area contributed by atoms with Gasteiger partial charge in [0, 0.05) is 17.5 Å². The highest BCUT2D eigenvalue weighted by Gasteiger charge is 2.08. The van der Waals surface area contributed by atoms with Crippen molar-refractivity contribution in [3.63, 3.8) is 0 Å². The summed E-state index contributed by atoms with van der Waals surface area (Å²) >= 11 is 0. The minimum Gasteiger partial charge on any atom is -0.298 e. The molecule has 72 valence electrons. The first-order valence-corrected chi connectivity index (χ1v) is 4.69. The highest BCUT2D eigenvalue weighted by Crippen LogP contribution is 2.21. The summed E-state index contributed by atoms with van der Waals surface area (Å²) < 4.78 is 1.91. The van der Waals surface area contributed by atoms with E-state index in [1.54, 1.807) is 0 Å². The lowest BCUT2D eigenvalue weighted by Crippen LogP contribution is -1.95. The van der Waals surface area contributed by atoms with Crippen molar-refractivity contribution >= 4 is 17.2 Å². The normalized spacial score (nSPS) is 10.7. The molecule has 0 saturated carbocycles. The molecule has 0 atom stereocenters. The maximum atomic E-state index is 10.8. The second kappa shape index (κ2) is 3.25. The van der Waals surface area contributed by atoms with Crippen LogP contribution in [0.15, 0.2) is 18.2 Å². The predicted octanol–water partition coefficient (Wildman–Crippen LogP) is 2.18. The SMILES string of the molecule is CCn1nc(C)c2c(C=O)cccc21. The van der Waals surface area contributed by atoms with Gasteiger partial charge in [-0.2, -0.15) is 5.10 Å². The number of fused-ring (bicyclic) bond motifs is 1. The molecule has 0 spiro atoms. The number of rotatable bonds is 2. The molecular formula is C11H12N2O. The Labute approximate surface area is 82.3 Å². The van der Waals surface area contributed by atoms with E-state index in [4.69, 9.17) is 0 Å². The van der Waals surface area contributed by atoms with Crippen molar-refractivity contribution in [2.75, 3.05) is 0 Å². The summed E-state index contributed by atoms with van der Waals surface area (Å²) in [6.07, 6.45) is 0.886. The van der Waals surface area contributed by atoms with E-state index >= 15 is 0 Å². The van der Waals surface area contributed by atoms with Crippen LogP contribution in [0.3, 0.4) is 0 Å². The van der Waals surface area contributed by atoms with Crippen LogP contribution in [0.5, 0.6) is 0 Å². The molecule has 0 unspecified atom stereocenters. The smallest absolute Gasteiger partial charge is 0.150 e.